The van der Waals surface area contributed by atoms with E-state index in [0.717, 1.165) is 5.56 Å². The Balaban J connectivity index is 1.74. The molecule has 0 saturated heterocycles. The number of carbonyl (C=O) groups is 2. The van der Waals surface area contributed by atoms with E-state index >= 15 is 0 Å². The molecule has 1 aromatic heterocycles. The Morgan fingerprint density at radius 2 is 1.67 bits per heavy atom. The lowest BCUT2D eigenvalue weighted by molar-refractivity contribution is 0.0600. The van der Waals surface area contributed by atoms with E-state index in [1.54, 1.807) is 36.5 Å². The van der Waals surface area contributed by atoms with E-state index in [0.29, 0.717) is 22.6 Å². The maximum absolute atomic E-state index is 12.4. The summed E-state index contributed by atoms with van der Waals surface area (Å²) in [6.07, 6.45) is 1.55. The van der Waals surface area contributed by atoms with E-state index in [1.807, 2.05) is 37.3 Å². The fraction of sp³-hybridized carbons (Fsp3) is 0.0952. The van der Waals surface area contributed by atoms with Crippen molar-refractivity contribution in [1.82, 2.24) is 4.98 Å². The Labute approximate surface area is 157 Å². The zero-order valence-corrected chi connectivity index (χ0v) is 15.0. The van der Waals surface area contributed by atoms with Crippen LogP contribution in [0.4, 0.5) is 17.1 Å². The third-order valence-corrected chi connectivity index (χ3v) is 3.87. The molecule has 0 fully saturated rings. The highest BCUT2D eigenvalue weighted by molar-refractivity contribution is 6.03. The molecule has 1 heterocycles. The van der Waals surface area contributed by atoms with Gasteiger partial charge in [-0.05, 0) is 49.4 Å². The summed E-state index contributed by atoms with van der Waals surface area (Å²) in [5, 5.41) is 5.98. The number of carbonyl (C=O) groups excluding carboxylic acids is 2. The molecule has 2 aromatic carbocycles. The molecule has 3 rings (SSSR count). The second-order valence-electron chi connectivity index (χ2n) is 5.95. The largest absolute Gasteiger partial charge is 0.465 e. The Hall–Kier alpha value is -3.67. The fourth-order valence-corrected chi connectivity index (χ4v) is 2.47. The number of aromatic nitrogens is 1. The highest BCUT2D eigenvalue weighted by atomic mass is 16.5. The molecule has 136 valence electrons. The number of benzene rings is 2. The van der Waals surface area contributed by atoms with Gasteiger partial charge >= 0.3 is 5.97 Å². The van der Waals surface area contributed by atoms with Crippen molar-refractivity contribution in [3.63, 3.8) is 0 Å². The van der Waals surface area contributed by atoms with Gasteiger partial charge in [0, 0.05) is 23.3 Å². The molecule has 0 aliphatic rings. The van der Waals surface area contributed by atoms with Gasteiger partial charge in [0.05, 0.1) is 12.7 Å². The van der Waals surface area contributed by atoms with Gasteiger partial charge in [-0.1, -0.05) is 23.8 Å². The van der Waals surface area contributed by atoms with Gasteiger partial charge in [0.1, 0.15) is 5.69 Å². The lowest BCUT2D eigenvalue weighted by Gasteiger charge is -2.10. The monoisotopic (exact) mass is 361 g/mol. The lowest BCUT2D eigenvalue weighted by atomic mass is 10.2. The predicted octanol–water partition coefficient (Wildman–Crippen LogP) is 4.17. The van der Waals surface area contributed by atoms with Gasteiger partial charge in [-0.25, -0.2) is 4.79 Å². The first kappa shape index (κ1) is 18.1. The summed E-state index contributed by atoms with van der Waals surface area (Å²) in [6, 6.07) is 17.8. The number of pyridine rings is 1. The molecule has 0 atom stereocenters. The second-order valence-corrected chi connectivity index (χ2v) is 5.95. The highest BCUT2D eigenvalue weighted by Gasteiger charge is 2.10. The standard InChI is InChI=1S/C21H19N3O3/c1-14-6-8-16(9-7-14)24-20(25)19-13-18(10-11-22-19)23-17-5-3-4-15(12-17)21(26)27-2/h3-13H,1-2H3,(H,22,23)(H,24,25). The zero-order valence-electron chi connectivity index (χ0n) is 15.0. The average molecular weight is 361 g/mol. The maximum Gasteiger partial charge on any atom is 0.337 e. The number of rotatable bonds is 5. The van der Waals surface area contributed by atoms with Crippen LogP contribution in [0.5, 0.6) is 0 Å². The molecule has 2 N–H and O–H groups in total. The summed E-state index contributed by atoms with van der Waals surface area (Å²) in [7, 11) is 1.34. The van der Waals surface area contributed by atoms with E-state index in [-0.39, 0.29) is 11.6 Å². The van der Waals surface area contributed by atoms with Crippen molar-refractivity contribution in [2.24, 2.45) is 0 Å². The summed E-state index contributed by atoms with van der Waals surface area (Å²) in [4.78, 5) is 28.2. The molecule has 0 spiro atoms. The Morgan fingerprint density at radius 1 is 0.926 bits per heavy atom. The summed E-state index contributed by atoms with van der Waals surface area (Å²) in [5.74, 6) is -0.711. The minimum absolute atomic E-state index is 0.282. The number of anilines is 3. The number of esters is 1. The van der Waals surface area contributed by atoms with Gasteiger partial charge in [0.15, 0.2) is 0 Å². The summed E-state index contributed by atoms with van der Waals surface area (Å²) in [6.45, 7) is 1.98. The number of methoxy groups -OCH3 is 1. The van der Waals surface area contributed by atoms with Crippen LogP contribution in [0.2, 0.25) is 0 Å². The van der Waals surface area contributed by atoms with Crippen molar-refractivity contribution in [3.05, 3.63) is 83.7 Å². The van der Waals surface area contributed by atoms with Crippen LogP contribution in [-0.2, 0) is 4.74 Å². The summed E-state index contributed by atoms with van der Waals surface area (Å²) < 4.78 is 4.73. The van der Waals surface area contributed by atoms with Crippen LogP contribution in [0.15, 0.2) is 66.9 Å². The van der Waals surface area contributed by atoms with E-state index in [9.17, 15) is 9.59 Å². The smallest absolute Gasteiger partial charge is 0.337 e. The van der Waals surface area contributed by atoms with Gasteiger partial charge in [-0.3, -0.25) is 9.78 Å². The average Bonchev–Trinajstić information content (AvgIpc) is 2.69. The Kier molecular flexibility index (Phi) is 5.47. The molecule has 0 aliphatic carbocycles. The molecule has 0 unspecified atom stereocenters. The van der Waals surface area contributed by atoms with Crippen molar-refractivity contribution in [2.75, 3.05) is 17.7 Å². The summed E-state index contributed by atoms with van der Waals surface area (Å²) in [5.41, 5.74) is 3.93. The van der Waals surface area contributed by atoms with Crippen LogP contribution in [0.3, 0.4) is 0 Å². The Bertz CT molecular complexity index is 968. The Morgan fingerprint density at radius 3 is 2.41 bits per heavy atom. The zero-order chi connectivity index (χ0) is 19.2. The second kappa shape index (κ2) is 8.14. The molecular weight excluding hydrogens is 342 g/mol. The van der Waals surface area contributed by atoms with Gasteiger partial charge in [-0.15, -0.1) is 0 Å². The number of nitrogens with one attached hydrogen (secondary N) is 2. The number of nitrogens with zero attached hydrogens (tertiary/aromatic N) is 1. The van der Waals surface area contributed by atoms with Crippen molar-refractivity contribution in [1.29, 1.82) is 0 Å². The van der Waals surface area contributed by atoms with E-state index in [2.05, 4.69) is 15.6 Å². The van der Waals surface area contributed by atoms with E-state index < -0.39 is 5.97 Å². The van der Waals surface area contributed by atoms with Gasteiger partial charge in [-0.2, -0.15) is 0 Å². The number of amides is 1. The van der Waals surface area contributed by atoms with E-state index in [4.69, 9.17) is 4.74 Å². The maximum atomic E-state index is 12.4. The first-order valence-corrected chi connectivity index (χ1v) is 8.34. The predicted molar refractivity (Wildman–Crippen MR) is 104 cm³/mol. The lowest BCUT2D eigenvalue weighted by Crippen LogP contribution is -2.13. The highest BCUT2D eigenvalue weighted by Crippen LogP contribution is 2.19. The molecule has 0 bridgehead atoms. The number of ether oxygens (including phenoxy) is 1. The van der Waals surface area contributed by atoms with Crippen LogP contribution >= 0.6 is 0 Å². The van der Waals surface area contributed by atoms with E-state index in [1.165, 1.54) is 7.11 Å². The molecule has 0 radical (unpaired) electrons. The summed E-state index contributed by atoms with van der Waals surface area (Å²) >= 11 is 0. The van der Waals surface area contributed by atoms with Crippen LogP contribution in [0, 0.1) is 6.92 Å². The molecule has 1 amide bonds. The molecule has 0 saturated carbocycles. The minimum atomic E-state index is -0.411. The van der Waals surface area contributed by atoms with Gasteiger partial charge in [0.25, 0.3) is 5.91 Å². The molecule has 0 aliphatic heterocycles. The third-order valence-electron chi connectivity index (χ3n) is 3.87. The number of aryl methyl sites for hydroxylation is 1. The van der Waals surface area contributed by atoms with Crippen molar-refractivity contribution in [2.45, 2.75) is 6.92 Å². The van der Waals surface area contributed by atoms with Crippen LogP contribution in [0.25, 0.3) is 0 Å². The van der Waals surface area contributed by atoms with Crippen molar-refractivity contribution >= 4 is 28.9 Å². The normalized spacial score (nSPS) is 10.1. The quantitative estimate of drug-likeness (QED) is 0.667. The molecule has 6 heteroatoms. The topological polar surface area (TPSA) is 80.3 Å². The van der Waals surface area contributed by atoms with Gasteiger partial charge in [0.2, 0.25) is 0 Å². The molecule has 3 aromatic rings. The first-order chi connectivity index (χ1) is 13.0. The molecular formula is C21H19N3O3. The number of hydrogen-bond acceptors (Lipinski definition) is 5. The van der Waals surface area contributed by atoms with Crippen LogP contribution in [0.1, 0.15) is 26.4 Å². The molecule has 27 heavy (non-hydrogen) atoms. The molecule has 6 nitrogen and oxygen atoms in total. The number of hydrogen-bond donors (Lipinski definition) is 2. The first-order valence-electron chi connectivity index (χ1n) is 8.34. The van der Waals surface area contributed by atoms with Crippen molar-refractivity contribution in [3.8, 4) is 0 Å². The minimum Gasteiger partial charge on any atom is -0.465 e. The van der Waals surface area contributed by atoms with Crippen LogP contribution in [-0.4, -0.2) is 24.0 Å². The van der Waals surface area contributed by atoms with Crippen LogP contribution < -0.4 is 10.6 Å². The SMILES string of the molecule is COC(=O)c1cccc(Nc2ccnc(C(=O)Nc3ccc(C)cc3)c2)c1. The van der Waals surface area contributed by atoms with Gasteiger partial charge < -0.3 is 15.4 Å². The fourth-order valence-electron chi connectivity index (χ4n) is 2.47. The third kappa shape index (κ3) is 4.70. The van der Waals surface area contributed by atoms with Crippen molar-refractivity contribution < 1.29 is 14.3 Å².